The minimum atomic E-state index is 0.426. The molecule has 3 rings (SSSR count). The minimum Gasteiger partial charge on any atom is -0.244 e. The summed E-state index contributed by atoms with van der Waals surface area (Å²) in [5.74, 6) is 0.426. The second-order valence-corrected chi connectivity index (χ2v) is 4.79. The van der Waals surface area contributed by atoms with Crippen LogP contribution in [0.2, 0.25) is 0 Å². The van der Waals surface area contributed by atoms with Crippen LogP contribution in [0.15, 0.2) is 60.8 Å². The molecule has 0 spiro atoms. The summed E-state index contributed by atoms with van der Waals surface area (Å²) in [7, 11) is 0. The largest absolute Gasteiger partial charge is 0.244 e. The molecule has 0 aliphatic heterocycles. The van der Waals surface area contributed by atoms with Crippen LogP contribution in [0.4, 0.5) is 0 Å². The van der Waals surface area contributed by atoms with Gasteiger partial charge in [-0.2, -0.15) is 0 Å². The van der Waals surface area contributed by atoms with Gasteiger partial charge in [0.15, 0.2) is 0 Å². The molecule has 0 bridgehead atoms. The van der Waals surface area contributed by atoms with Crippen molar-refractivity contribution in [2.75, 3.05) is 0 Å². The zero-order chi connectivity index (χ0) is 10.8. The normalized spacial score (nSPS) is 14.8. The molecule has 0 unspecified atom stereocenters. The lowest BCUT2D eigenvalue weighted by Gasteiger charge is -1.98. The van der Waals surface area contributed by atoms with Crippen molar-refractivity contribution in [3.05, 3.63) is 65.7 Å². The van der Waals surface area contributed by atoms with E-state index in [2.05, 4.69) is 41.4 Å². The van der Waals surface area contributed by atoms with Gasteiger partial charge in [0.2, 0.25) is 0 Å². The van der Waals surface area contributed by atoms with Gasteiger partial charge in [0.25, 0.3) is 0 Å². The van der Waals surface area contributed by atoms with Gasteiger partial charge in [0.1, 0.15) is 5.01 Å². The van der Waals surface area contributed by atoms with Gasteiger partial charge in [0, 0.05) is 22.6 Å². The lowest BCUT2D eigenvalue weighted by atomic mass is 10.1. The van der Waals surface area contributed by atoms with E-state index in [1.54, 1.807) is 11.3 Å². The van der Waals surface area contributed by atoms with E-state index in [-0.39, 0.29) is 0 Å². The van der Waals surface area contributed by atoms with Gasteiger partial charge in [-0.1, -0.05) is 54.6 Å². The second kappa shape index (κ2) is 4.06. The quantitative estimate of drug-likeness (QED) is 0.752. The van der Waals surface area contributed by atoms with E-state index >= 15 is 0 Å². The summed E-state index contributed by atoms with van der Waals surface area (Å²) in [4.78, 5) is 5.79. The number of hydrogen-bond donors (Lipinski definition) is 0. The molecule has 1 aromatic carbocycles. The van der Waals surface area contributed by atoms with Crippen molar-refractivity contribution in [1.29, 1.82) is 0 Å². The van der Waals surface area contributed by atoms with Crippen LogP contribution in [0.1, 0.15) is 10.8 Å². The fourth-order valence-corrected chi connectivity index (χ4v) is 2.76. The molecule has 0 radical (unpaired) electrons. The summed E-state index contributed by atoms with van der Waals surface area (Å²) in [6.45, 7) is 0. The maximum atomic E-state index is 4.48. The van der Waals surface area contributed by atoms with E-state index in [4.69, 9.17) is 0 Å². The van der Waals surface area contributed by atoms with Crippen LogP contribution >= 0.6 is 11.3 Å². The van der Waals surface area contributed by atoms with Crippen LogP contribution in [0.5, 0.6) is 0 Å². The summed E-state index contributed by atoms with van der Waals surface area (Å²) < 4.78 is 0. The third-order valence-corrected chi connectivity index (χ3v) is 3.77. The predicted octanol–water partition coefficient (Wildman–Crippen LogP) is 4.02. The Morgan fingerprint density at radius 2 is 1.75 bits per heavy atom. The zero-order valence-corrected chi connectivity index (χ0v) is 9.52. The summed E-state index contributed by atoms with van der Waals surface area (Å²) in [5.41, 5.74) is 1.20. The Balaban J connectivity index is 1.94. The highest BCUT2D eigenvalue weighted by Crippen LogP contribution is 2.32. The Bertz CT molecular complexity index is 525. The fraction of sp³-hybridized carbons (Fsp3) is 0.0714. The van der Waals surface area contributed by atoms with Crippen LogP contribution < -0.4 is 0 Å². The average molecular weight is 225 g/mol. The van der Waals surface area contributed by atoms with Crippen molar-refractivity contribution in [2.45, 2.75) is 5.92 Å². The first-order valence-electron chi connectivity index (χ1n) is 5.29. The third-order valence-electron chi connectivity index (χ3n) is 2.62. The molecule has 1 heterocycles. The van der Waals surface area contributed by atoms with Gasteiger partial charge in [-0.15, -0.1) is 11.3 Å². The SMILES string of the molecule is C1=CC(c2cnc(-c3ccccc3)s2)C=C1. The van der Waals surface area contributed by atoms with Crippen molar-refractivity contribution in [2.24, 2.45) is 0 Å². The van der Waals surface area contributed by atoms with Crippen molar-refractivity contribution in [1.82, 2.24) is 4.98 Å². The molecule has 1 aliphatic carbocycles. The van der Waals surface area contributed by atoms with Crippen LogP contribution in [0, 0.1) is 0 Å². The standard InChI is InChI=1S/C14H11NS/c1-2-8-12(9-3-1)14-15-10-13(16-14)11-6-4-5-7-11/h1-11H. The average Bonchev–Trinajstić information content (AvgIpc) is 3.01. The van der Waals surface area contributed by atoms with Crippen molar-refractivity contribution in [3.8, 4) is 10.6 Å². The van der Waals surface area contributed by atoms with Gasteiger partial charge in [-0.3, -0.25) is 0 Å². The smallest absolute Gasteiger partial charge is 0.123 e. The highest BCUT2D eigenvalue weighted by atomic mass is 32.1. The summed E-state index contributed by atoms with van der Waals surface area (Å²) in [6.07, 6.45) is 10.6. The number of thiazole rings is 1. The second-order valence-electron chi connectivity index (χ2n) is 3.73. The number of nitrogens with zero attached hydrogens (tertiary/aromatic N) is 1. The molecule has 1 aromatic heterocycles. The molecule has 16 heavy (non-hydrogen) atoms. The lowest BCUT2D eigenvalue weighted by molar-refractivity contribution is 1.13. The van der Waals surface area contributed by atoms with E-state index in [0.29, 0.717) is 5.92 Å². The van der Waals surface area contributed by atoms with Gasteiger partial charge in [0.05, 0.1) is 0 Å². The Hall–Kier alpha value is -1.67. The molecule has 0 saturated heterocycles. The monoisotopic (exact) mass is 225 g/mol. The molecule has 0 amide bonds. The molecular weight excluding hydrogens is 214 g/mol. The molecular formula is C14H11NS. The predicted molar refractivity (Wildman–Crippen MR) is 68.6 cm³/mol. The van der Waals surface area contributed by atoms with Crippen molar-refractivity contribution < 1.29 is 0 Å². The van der Waals surface area contributed by atoms with Gasteiger partial charge in [-0.25, -0.2) is 4.98 Å². The molecule has 2 aromatic rings. The first-order valence-corrected chi connectivity index (χ1v) is 6.11. The number of hydrogen-bond acceptors (Lipinski definition) is 2. The lowest BCUT2D eigenvalue weighted by Crippen LogP contribution is -1.81. The van der Waals surface area contributed by atoms with E-state index in [0.717, 1.165) is 5.01 Å². The number of aromatic nitrogens is 1. The summed E-state index contributed by atoms with van der Waals surface area (Å²) in [5, 5.41) is 1.10. The minimum absolute atomic E-state index is 0.426. The Morgan fingerprint density at radius 3 is 2.50 bits per heavy atom. The molecule has 1 aliphatic rings. The van der Waals surface area contributed by atoms with Gasteiger partial charge >= 0.3 is 0 Å². The highest BCUT2D eigenvalue weighted by Gasteiger charge is 2.11. The molecule has 0 N–H and O–H groups in total. The number of rotatable bonds is 2. The summed E-state index contributed by atoms with van der Waals surface area (Å²) in [6, 6.07) is 10.3. The Labute approximate surface area is 98.8 Å². The van der Waals surface area contributed by atoms with E-state index in [9.17, 15) is 0 Å². The van der Waals surface area contributed by atoms with E-state index in [1.807, 2.05) is 24.4 Å². The van der Waals surface area contributed by atoms with Crippen molar-refractivity contribution >= 4 is 11.3 Å². The number of benzene rings is 1. The molecule has 2 heteroatoms. The third kappa shape index (κ3) is 1.72. The topological polar surface area (TPSA) is 12.9 Å². The first kappa shape index (κ1) is 9.55. The first-order chi connectivity index (χ1) is 7.93. The zero-order valence-electron chi connectivity index (χ0n) is 8.71. The molecule has 1 nitrogen and oxygen atoms in total. The maximum absolute atomic E-state index is 4.48. The maximum Gasteiger partial charge on any atom is 0.123 e. The van der Waals surface area contributed by atoms with Crippen LogP contribution in [0.25, 0.3) is 10.6 Å². The fourth-order valence-electron chi connectivity index (χ4n) is 1.78. The van der Waals surface area contributed by atoms with Crippen LogP contribution in [-0.2, 0) is 0 Å². The van der Waals surface area contributed by atoms with Gasteiger partial charge < -0.3 is 0 Å². The molecule has 0 saturated carbocycles. The van der Waals surface area contributed by atoms with E-state index < -0.39 is 0 Å². The Morgan fingerprint density at radius 1 is 1.00 bits per heavy atom. The van der Waals surface area contributed by atoms with Crippen LogP contribution in [-0.4, -0.2) is 4.98 Å². The van der Waals surface area contributed by atoms with E-state index in [1.165, 1.54) is 10.4 Å². The molecule has 78 valence electrons. The number of allylic oxidation sites excluding steroid dienone is 4. The summed E-state index contributed by atoms with van der Waals surface area (Å²) >= 11 is 1.77. The molecule has 0 fully saturated rings. The van der Waals surface area contributed by atoms with Crippen molar-refractivity contribution in [3.63, 3.8) is 0 Å². The molecule has 0 atom stereocenters. The van der Waals surface area contributed by atoms with Gasteiger partial charge in [-0.05, 0) is 0 Å². The highest BCUT2D eigenvalue weighted by molar-refractivity contribution is 7.15. The van der Waals surface area contributed by atoms with Crippen LogP contribution in [0.3, 0.4) is 0 Å². The Kier molecular flexibility index (Phi) is 2.43.